The summed E-state index contributed by atoms with van der Waals surface area (Å²) in [6, 6.07) is 0.706. The first-order chi connectivity index (χ1) is 12.5. The summed E-state index contributed by atoms with van der Waals surface area (Å²) < 4.78 is 0. The Morgan fingerprint density at radius 1 is 0.815 bits per heavy atom. The Balaban J connectivity index is 1.84. The average Bonchev–Trinajstić information content (AvgIpc) is 2.59. The monoisotopic (exact) mass is 379 g/mol. The Morgan fingerprint density at radius 2 is 1.37 bits per heavy atom. The lowest BCUT2D eigenvalue weighted by molar-refractivity contribution is -0.00261. The van der Waals surface area contributed by atoms with Crippen molar-refractivity contribution in [3.8, 4) is 0 Å². The predicted molar refractivity (Wildman–Crippen MR) is 119 cm³/mol. The molecule has 0 aromatic heterocycles. The molecule has 3 nitrogen and oxygen atoms in total. The molecule has 0 saturated carbocycles. The van der Waals surface area contributed by atoms with E-state index in [0.29, 0.717) is 17.0 Å². The van der Waals surface area contributed by atoms with Gasteiger partial charge in [0.25, 0.3) is 0 Å². The summed E-state index contributed by atoms with van der Waals surface area (Å²) in [5, 5.41) is 0. The van der Waals surface area contributed by atoms with Crippen molar-refractivity contribution in [2.45, 2.75) is 92.7 Å². The van der Waals surface area contributed by atoms with E-state index in [9.17, 15) is 0 Å². The Hall–Kier alpha value is -0.120. The van der Waals surface area contributed by atoms with Crippen molar-refractivity contribution in [2.24, 2.45) is 17.3 Å². The van der Waals surface area contributed by atoms with Crippen LogP contribution in [0.15, 0.2) is 0 Å². The number of piperazine rings is 1. The maximum absolute atomic E-state index is 2.78. The van der Waals surface area contributed by atoms with E-state index < -0.39 is 0 Å². The van der Waals surface area contributed by atoms with Gasteiger partial charge in [0.15, 0.2) is 0 Å². The Bertz CT molecular complexity index is 425. The van der Waals surface area contributed by atoms with Gasteiger partial charge in [-0.15, -0.1) is 0 Å². The van der Waals surface area contributed by atoms with Crippen LogP contribution < -0.4 is 0 Å². The minimum absolute atomic E-state index is 0.308. The standard InChI is InChI=1S/C24H49N3/c1-20(2)9-12-25-15-17-27(18-16-25)24(7,8)19-23(5,6)22-10-13-26(14-11-22)21(3)4/h20-22H,9-19H2,1-8H3. The van der Waals surface area contributed by atoms with E-state index in [1.54, 1.807) is 0 Å². The molecule has 0 aliphatic carbocycles. The molecule has 2 rings (SSSR count). The van der Waals surface area contributed by atoms with Gasteiger partial charge in [0.1, 0.15) is 0 Å². The number of rotatable bonds is 8. The number of likely N-dealkylation sites (tertiary alicyclic amines) is 1. The lowest BCUT2D eigenvalue weighted by Crippen LogP contribution is -2.56. The van der Waals surface area contributed by atoms with Gasteiger partial charge < -0.3 is 9.80 Å². The fourth-order valence-corrected chi connectivity index (χ4v) is 5.59. The van der Waals surface area contributed by atoms with Crippen LogP contribution >= 0.6 is 0 Å². The fraction of sp³-hybridized carbons (Fsp3) is 1.00. The van der Waals surface area contributed by atoms with Crippen molar-refractivity contribution in [1.29, 1.82) is 0 Å². The van der Waals surface area contributed by atoms with Crippen molar-refractivity contribution >= 4 is 0 Å². The second-order valence-corrected chi connectivity index (χ2v) is 11.4. The summed E-state index contributed by atoms with van der Waals surface area (Å²) in [7, 11) is 0. The molecule has 2 aliphatic heterocycles. The van der Waals surface area contributed by atoms with Gasteiger partial charge in [-0.25, -0.2) is 0 Å². The van der Waals surface area contributed by atoms with E-state index in [1.165, 1.54) is 71.5 Å². The van der Waals surface area contributed by atoms with Crippen LogP contribution in [0, 0.1) is 17.3 Å². The van der Waals surface area contributed by atoms with Crippen molar-refractivity contribution in [1.82, 2.24) is 14.7 Å². The minimum atomic E-state index is 0.308. The first-order valence-corrected chi connectivity index (χ1v) is 11.7. The van der Waals surface area contributed by atoms with Crippen molar-refractivity contribution < 1.29 is 0 Å². The fourth-order valence-electron chi connectivity index (χ4n) is 5.59. The summed E-state index contributed by atoms with van der Waals surface area (Å²) in [6.07, 6.45) is 5.41. The molecule has 0 N–H and O–H groups in total. The highest BCUT2D eigenvalue weighted by molar-refractivity contribution is 4.94. The zero-order valence-corrected chi connectivity index (χ0v) is 19.9. The molecule has 0 atom stereocenters. The Morgan fingerprint density at radius 3 is 1.85 bits per heavy atom. The molecule has 160 valence electrons. The molecule has 0 bridgehead atoms. The zero-order chi connectivity index (χ0) is 20.2. The van der Waals surface area contributed by atoms with Crippen molar-refractivity contribution in [3.05, 3.63) is 0 Å². The summed E-state index contributed by atoms with van der Waals surface area (Å²) in [6.45, 7) is 28.3. The number of hydrogen-bond acceptors (Lipinski definition) is 3. The smallest absolute Gasteiger partial charge is 0.0159 e. The molecule has 2 heterocycles. The van der Waals surface area contributed by atoms with Crippen LogP contribution in [0.25, 0.3) is 0 Å². The van der Waals surface area contributed by atoms with Gasteiger partial charge in [0, 0.05) is 37.8 Å². The molecule has 2 fully saturated rings. The molecule has 0 spiro atoms. The van der Waals surface area contributed by atoms with Gasteiger partial charge >= 0.3 is 0 Å². The predicted octanol–water partition coefficient (Wildman–Crippen LogP) is 4.97. The van der Waals surface area contributed by atoms with Crippen molar-refractivity contribution in [3.63, 3.8) is 0 Å². The minimum Gasteiger partial charge on any atom is -0.301 e. The van der Waals surface area contributed by atoms with Gasteiger partial charge in [-0.05, 0) is 90.3 Å². The van der Waals surface area contributed by atoms with Gasteiger partial charge in [0.2, 0.25) is 0 Å². The van der Waals surface area contributed by atoms with Crippen LogP contribution in [0.2, 0.25) is 0 Å². The average molecular weight is 380 g/mol. The second-order valence-electron chi connectivity index (χ2n) is 11.4. The summed E-state index contributed by atoms with van der Waals surface area (Å²) in [5.74, 6) is 1.70. The SMILES string of the molecule is CC(C)CCN1CCN(C(C)(C)CC(C)(C)C2CCN(C(C)C)CC2)CC1. The number of piperidine rings is 1. The molecule has 0 aromatic rings. The summed E-state index contributed by atoms with van der Waals surface area (Å²) >= 11 is 0. The van der Waals surface area contributed by atoms with Gasteiger partial charge in [-0.2, -0.15) is 0 Å². The van der Waals surface area contributed by atoms with E-state index in [-0.39, 0.29) is 0 Å². The lowest BCUT2D eigenvalue weighted by Gasteiger charge is -2.50. The molecule has 0 radical (unpaired) electrons. The maximum atomic E-state index is 2.78. The van der Waals surface area contributed by atoms with E-state index in [4.69, 9.17) is 0 Å². The first kappa shape index (κ1) is 23.2. The third kappa shape index (κ3) is 6.72. The molecule has 3 heteroatoms. The Kier molecular flexibility index (Phi) is 8.22. The van der Waals surface area contributed by atoms with Gasteiger partial charge in [-0.3, -0.25) is 4.90 Å². The summed E-state index contributed by atoms with van der Waals surface area (Å²) in [5.41, 5.74) is 0.740. The normalized spacial score (nSPS) is 22.9. The van der Waals surface area contributed by atoms with Crippen molar-refractivity contribution in [2.75, 3.05) is 45.8 Å². The summed E-state index contributed by atoms with van der Waals surface area (Å²) in [4.78, 5) is 8.12. The lowest BCUT2D eigenvalue weighted by atomic mass is 9.67. The molecular weight excluding hydrogens is 330 g/mol. The Labute approximate surface area is 170 Å². The van der Waals surface area contributed by atoms with Crippen LogP contribution in [0.4, 0.5) is 0 Å². The van der Waals surface area contributed by atoms with Gasteiger partial charge in [-0.1, -0.05) is 27.7 Å². The topological polar surface area (TPSA) is 9.72 Å². The van der Waals surface area contributed by atoms with Crippen LogP contribution in [0.1, 0.15) is 81.1 Å². The van der Waals surface area contributed by atoms with E-state index >= 15 is 0 Å². The largest absolute Gasteiger partial charge is 0.301 e. The second kappa shape index (κ2) is 9.59. The molecule has 0 unspecified atom stereocenters. The van der Waals surface area contributed by atoms with Gasteiger partial charge in [0.05, 0.1) is 0 Å². The molecule has 0 amide bonds. The number of hydrogen-bond donors (Lipinski definition) is 0. The highest BCUT2D eigenvalue weighted by atomic mass is 15.3. The third-order valence-electron chi connectivity index (χ3n) is 7.50. The molecule has 0 aromatic carbocycles. The van der Waals surface area contributed by atoms with Crippen LogP contribution in [0.5, 0.6) is 0 Å². The number of nitrogens with zero attached hydrogens (tertiary/aromatic N) is 3. The maximum Gasteiger partial charge on any atom is 0.0159 e. The first-order valence-electron chi connectivity index (χ1n) is 11.7. The third-order valence-corrected chi connectivity index (χ3v) is 7.50. The van der Waals surface area contributed by atoms with Crippen LogP contribution in [-0.4, -0.2) is 72.1 Å². The van der Waals surface area contributed by atoms with E-state index in [2.05, 4.69) is 70.1 Å². The molecule has 2 saturated heterocycles. The van der Waals surface area contributed by atoms with Crippen LogP contribution in [0.3, 0.4) is 0 Å². The zero-order valence-electron chi connectivity index (χ0n) is 19.9. The van der Waals surface area contributed by atoms with E-state index in [0.717, 1.165) is 11.8 Å². The van der Waals surface area contributed by atoms with Crippen LogP contribution in [-0.2, 0) is 0 Å². The highest BCUT2D eigenvalue weighted by Crippen LogP contribution is 2.42. The quantitative estimate of drug-likeness (QED) is 0.590. The highest BCUT2D eigenvalue weighted by Gasteiger charge is 2.40. The molecule has 2 aliphatic rings. The molecular formula is C24H49N3. The van der Waals surface area contributed by atoms with E-state index in [1.807, 2.05) is 0 Å². The molecule has 27 heavy (non-hydrogen) atoms.